The number of nitrogens with one attached hydrogen (secondary N) is 1. The average Bonchev–Trinajstić information content (AvgIpc) is 3.34. The summed E-state index contributed by atoms with van der Waals surface area (Å²) in [4.78, 5) is 34.1. The lowest BCUT2D eigenvalue weighted by atomic mass is 10.2. The number of hydrogen-bond acceptors (Lipinski definition) is 5. The first-order chi connectivity index (χ1) is 17.7. The van der Waals surface area contributed by atoms with Gasteiger partial charge in [0.2, 0.25) is 11.8 Å². The van der Waals surface area contributed by atoms with E-state index < -0.39 is 22.5 Å². The van der Waals surface area contributed by atoms with E-state index in [1.165, 1.54) is 24.3 Å². The maximum atomic E-state index is 13.6. The molecule has 1 fully saturated rings. The van der Waals surface area contributed by atoms with E-state index in [0.29, 0.717) is 40.6 Å². The third-order valence-electron chi connectivity index (χ3n) is 6.01. The maximum Gasteiger partial charge on any atom is 0.264 e. The number of benzene rings is 2. The van der Waals surface area contributed by atoms with Crippen LogP contribution >= 0.6 is 11.6 Å². The van der Waals surface area contributed by atoms with E-state index in [1.54, 1.807) is 48.4 Å². The predicted octanol–water partition coefficient (Wildman–Crippen LogP) is 4.23. The van der Waals surface area contributed by atoms with E-state index in [4.69, 9.17) is 18.2 Å². The molecule has 0 spiro atoms. The summed E-state index contributed by atoms with van der Waals surface area (Å²) in [7, 11) is -4.16. The Balaban J connectivity index is 1.53. The Bertz CT molecular complexity index is 1470. The van der Waals surface area contributed by atoms with Crippen LogP contribution in [0.1, 0.15) is 24.1 Å². The second-order valence-electron chi connectivity index (χ2n) is 8.43. The minimum absolute atomic E-state index is 0.0548. The molecule has 0 aliphatic carbocycles. The largest absolute Gasteiger partial charge is 0.349 e. The maximum absolute atomic E-state index is 13.6. The highest BCUT2D eigenvalue weighted by Gasteiger charge is 2.29. The minimum Gasteiger partial charge on any atom is -0.349 e. The minimum atomic E-state index is -4.16. The fraction of sp³-hybridized carbons (Fsp3) is 0.231. The molecule has 190 valence electrons. The van der Waals surface area contributed by atoms with E-state index in [0.717, 1.165) is 10.7 Å². The van der Waals surface area contributed by atoms with Gasteiger partial charge in [0, 0.05) is 18.0 Å². The van der Waals surface area contributed by atoms with Gasteiger partial charge in [0.15, 0.2) is 5.69 Å². The van der Waals surface area contributed by atoms with Crippen LogP contribution in [0.25, 0.3) is 4.85 Å². The summed E-state index contributed by atoms with van der Waals surface area (Å²) in [6, 6.07) is 13.8. The average molecular weight is 538 g/mol. The van der Waals surface area contributed by atoms with Gasteiger partial charge in [-0.2, -0.15) is 0 Å². The van der Waals surface area contributed by atoms with Crippen LogP contribution in [0.5, 0.6) is 0 Å². The van der Waals surface area contributed by atoms with Crippen molar-refractivity contribution in [3.05, 3.63) is 88.5 Å². The van der Waals surface area contributed by atoms with Gasteiger partial charge < -0.3 is 10.2 Å². The molecule has 9 nitrogen and oxygen atoms in total. The molecule has 37 heavy (non-hydrogen) atoms. The van der Waals surface area contributed by atoms with E-state index in [-0.39, 0.29) is 23.0 Å². The molecule has 1 aromatic heterocycles. The lowest BCUT2D eigenvalue weighted by Gasteiger charge is -2.26. The Morgan fingerprint density at radius 2 is 1.95 bits per heavy atom. The van der Waals surface area contributed by atoms with Gasteiger partial charge in [0.05, 0.1) is 41.3 Å². The molecule has 11 heteroatoms. The van der Waals surface area contributed by atoms with Crippen molar-refractivity contribution in [1.29, 1.82) is 0 Å². The van der Waals surface area contributed by atoms with Crippen molar-refractivity contribution in [3.8, 4) is 0 Å². The highest BCUT2D eigenvalue weighted by atomic mass is 35.5. The third kappa shape index (κ3) is 5.74. The number of pyridine rings is 1. The number of rotatable bonds is 8. The molecular weight excluding hydrogens is 514 g/mol. The van der Waals surface area contributed by atoms with Gasteiger partial charge in [-0.05, 0) is 43.2 Å². The van der Waals surface area contributed by atoms with Crippen molar-refractivity contribution in [2.75, 3.05) is 22.3 Å². The number of hydrogen-bond donors (Lipinski definition) is 1. The summed E-state index contributed by atoms with van der Waals surface area (Å²) in [6.45, 7) is 9.01. The molecule has 1 saturated heterocycles. The first-order valence-corrected chi connectivity index (χ1v) is 13.3. The van der Waals surface area contributed by atoms with Crippen LogP contribution in [-0.4, -0.2) is 38.3 Å². The molecule has 3 aromatic rings. The first-order valence-electron chi connectivity index (χ1n) is 11.5. The molecule has 1 aliphatic heterocycles. The van der Waals surface area contributed by atoms with Crippen LogP contribution in [0.15, 0.2) is 65.7 Å². The quantitative estimate of drug-likeness (QED) is 0.433. The second kappa shape index (κ2) is 11.0. The molecule has 2 heterocycles. The van der Waals surface area contributed by atoms with Crippen LogP contribution in [0.2, 0.25) is 5.02 Å². The zero-order valence-electron chi connectivity index (χ0n) is 20.0. The normalized spacial score (nSPS) is 13.3. The van der Waals surface area contributed by atoms with Crippen LogP contribution in [-0.2, 0) is 26.2 Å². The fourth-order valence-corrected chi connectivity index (χ4v) is 5.61. The number of nitrogens with zero attached hydrogens (tertiary/aromatic N) is 4. The number of carbonyl (C=O) groups is 2. The monoisotopic (exact) mass is 537 g/mol. The molecule has 2 aromatic carbocycles. The van der Waals surface area contributed by atoms with E-state index in [9.17, 15) is 18.0 Å². The molecular formula is C26H24ClN5O4S. The van der Waals surface area contributed by atoms with Crippen molar-refractivity contribution in [1.82, 2.24) is 10.3 Å². The topological polar surface area (TPSA) is 104 Å². The van der Waals surface area contributed by atoms with E-state index in [2.05, 4.69) is 15.1 Å². The van der Waals surface area contributed by atoms with Crippen molar-refractivity contribution >= 4 is 50.5 Å². The third-order valence-corrected chi connectivity index (χ3v) is 8.19. The highest BCUT2D eigenvalue weighted by Crippen LogP contribution is 2.31. The molecule has 0 saturated carbocycles. The molecule has 1 aliphatic rings. The number of halogens is 1. The van der Waals surface area contributed by atoms with Crippen molar-refractivity contribution in [3.63, 3.8) is 0 Å². The summed E-state index contributed by atoms with van der Waals surface area (Å²) >= 11 is 6.25. The predicted molar refractivity (Wildman–Crippen MR) is 141 cm³/mol. The van der Waals surface area contributed by atoms with E-state index >= 15 is 0 Å². The Morgan fingerprint density at radius 1 is 1.19 bits per heavy atom. The van der Waals surface area contributed by atoms with Gasteiger partial charge >= 0.3 is 0 Å². The number of aromatic nitrogens is 1. The van der Waals surface area contributed by atoms with Gasteiger partial charge in [-0.1, -0.05) is 41.9 Å². The molecule has 0 radical (unpaired) electrons. The zero-order chi connectivity index (χ0) is 26.6. The summed E-state index contributed by atoms with van der Waals surface area (Å²) < 4.78 is 28.2. The SMILES string of the molecule is [C-]#[N+]c1ccc(S(=O)(=O)N(CC(=O)NCc2ccc(N3CCCC3=O)cn2)c2cccc(Cl)c2C)cc1. The van der Waals surface area contributed by atoms with Crippen LogP contribution in [0.4, 0.5) is 17.1 Å². The van der Waals surface area contributed by atoms with Gasteiger partial charge in [-0.15, -0.1) is 0 Å². The number of sulfonamides is 1. The standard InChI is InChI=1S/C26H24ClN5O4S/c1-18-23(27)5-3-6-24(18)32(37(35,36)22-12-9-19(28-2)10-13-22)17-25(33)30-15-20-8-11-21(16-29-20)31-14-4-7-26(31)34/h3,5-6,8-13,16H,4,7,14-15,17H2,1H3,(H,30,33). The molecule has 4 rings (SSSR count). The van der Waals surface area contributed by atoms with Crippen molar-refractivity contribution < 1.29 is 18.0 Å². The van der Waals surface area contributed by atoms with Gasteiger partial charge in [-0.25, -0.2) is 13.3 Å². The van der Waals surface area contributed by atoms with Gasteiger partial charge in [0.1, 0.15) is 6.54 Å². The Hall–Kier alpha value is -3.94. The van der Waals surface area contributed by atoms with Gasteiger partial charge in [0.25, 0.3) is 10.0 Å². The molecule has 0 bridgehead atoms. The number of carbonyl (C=O) groups excluding carboxylic acids is 2. The first kappa shape index (κ1) is 26.1. The lowest BCUT2D eigenvalue weighted by molar-refractivity contribution is -0.120. The van der Waals surface area contributed by atoms with Crippen LogP contribution < -0.4 is 14.5 Å². The number of amides is 2. The van der Waals surface area contributed by atoms with Crippen molar-refractivity contribution in [2.45, 2.75) is 31.2 Å². The molecule has 0 atom stereocenters. The second-order valence-corrected chi connectivity index (χ2v) is 10.7. The van der Waals surface area contributed by atoms with Crippen LogP contribution in [0.3, 0.4) is 0 Å². The number of anilines is 2. The Kier molecular flexibility index (Phi) is 7.76. The summed E-state index contributed by atoms with van der Waals surface area (Å²) in [6.07, 6.45) is 2.92. The van der Waals surface area contributed by atoms with Crippen LogP contribution in [0, 0.1) is 13.5 Å². The smallest absolute Gasteiger partial charge is 0.264 e. The zero-order valence-corrected chi connectivity index (χ0v) is 21.6. The molecule has 2 amide bonds. The summed E-state index contributed by atoms with van der Waals surface area (Å²) in [5.74, 6) is -0.481. The Morgan fingerprint density at radius 3 is 2.57 bits per heavy atom. The fourth-order valence-electron chi connectivity index (χ4n) is 3.96. The molecule has 0 unspecified atom stereocenters. The summed E-state index contributed by atoms with van der Waals surface area (Å²) in [5.41, 5.74) is 2.35. The van der Waals surface area contributed by atoms with E-state index in [1.807, 2.05) is 0 Å². The lowest BCUT2D eigenvalue weighted by Crippen LogP contribution is -2.41. The highest BCUT2D eigenvalue weighted by molar-refractivity contribution is 7.92. The summed E-state index contributed by atoms with van der Waals surface area (Å²) in [5, 5.41) is 3.08. The van der Waals surface area contributed by atoms with Crippen molar-refractivity contribution in [2.24, 2.45) is 0 Å². The van der Waals surface area contributed by atoms with Gasteiger partial charge in [-0.3, -0.25) is 18.9 Å². The Labute approximate surface area is 220 Å². The molecule has 1 N–H and O–H groups in total.